The Bertz CT molecular complexity index is 534. The topological polar surface area (TPSA) is 43.8 Å². The highest BCUT2D eigenvalue weighted by Gasteiger charge is 2.14. The number of nitrogens with zero attached hydrogens (tertiary/aromatic N) is 2. The van der Waals surface area contributed by atoms with Crippen molar-refractivity contribution in [2.45, 2.75) is 32.9 Å². The SMILES string of the molecule is CCn1ccnc1CC(N)c1cccc(C)c1I. The zero-order chi connectivity index (χ0) is 13.1. The fourth-order valence-corrected chi connectivity index (χ4v) is 2.84. The van der Waals surface area contributed by atoms with Crippen LogP contribution in [0.2, 0.25) is 0 Å². The summed E-state index contributed by atoms with van der Waals surface area (Å²) in [5.74, 6) is 1.06. The second kappa shape index (κ2) is 5.84. The summed E-state index contributed by atoms with van der Waals surface area (Å²) in [7, 11) is 0. The summed E-state index contributed by atoms with van der Waals surface area (Å²) in [5, 5.41) is 0. The van der Waals surface area contributed by atoms with Crippen LogP contribution in [-0.2, 0) is 13.0 Å². The van der Waals surface area contributed by atoms with E-state index in [0.717, 1.165) is 18.8 Å². The van der Waals surface area contributed by atoms with Crippen molar-refractivity contribution >= 4 is 22.6 Å². The van der Waals surface area contributed by atoms with Crippen molar-refractivity contribution < 1.29 is 0 Å². The lowest BCUT2D eigenvalue weighted by atomic mass is 10.0. The molecule has 0 saturated heterocycles. The number of aromatic nitrogens is 2. The van der Waals surface area contributed by atoms with Crippen molar-refractivity contribution in [1.82, 2.24) is 9.55 Å². The van der Waals surface area contributed by atoms with Crippen LogP contribution in [0.1, 0.15) is 29.9 Å². The highest BCUT2D eigenvalue weighted by Crippen LogP contribution is 2.23. The third-order valence-electron chi connectivity index (χ3n) is 3.17. The van der Waals surface area contributed by atoms with Gasteiger partial charge in [-0.1, -0.05) is 18.2 Å². The predicted molar refractivity (Wildman–Crippen MR) is 82.4 cm³/mol. The fraction of sp³-hybridized carbons (Fsp3) is 0.357. The lowest BCUT2D eigenvalue weighted by molar-refractivity contribution is 0.626. The molecule has 18 heavy (non-hydrogen) atoms. The largest absolute Gasteiger partial charge is 0.335 e. The van der Waals surface area contributed by atoms with Gasteiger partial charge in [0.25, 0.3) is 0 Å². The normalized spacial score (nSPS) is 12.7. The van der Waals surface area contributed by atoms with E-state index in [2.05, 4.69) is 64.2 Å². The Morgan fingerprint density at radius 2 is 2.22 bits per heavy atom. The van der Waals surface area contributed by atoms with Crippen molar-refractivity contribution in [3.05, 3.63) is 51.1 Å². The third kappa shape index (κ3) is 2.75. The van der Waals surface area contributed by atoms with Gasteiger partial charge in [0, 0.05) is 35.0 Å². The highest BCUT2D eigenvalue weighted by molar-refractivity contribution is 14.1. The average molecular weight is 355 g/mol. The number of rotatable bonds is 4. The van der Waals surface area contributed by atoms with E-state index in [9.17, 15) is 0 Å². The Balaban J connectivity index is 2.22. The molecule has 1 unspecified atom stereocenters. The summed E-state index contributed by atoms with van der Waals surface area (Å²) in [5.41, 5.74) is 8.81. The molecule has 1 aromatic heterocycles. The van der Waals surface area contributed by atoms with E-state index >= 15 is 0 Å². The summed E-state index contributed by atoms with van der Waals surface area (Å²) in [6, 6.07) is 6.30. The lowest BCUT2D eigenvalue weighted by Gasteiger charge is -2.15. The number of hydrogen-bond donors (Lipinski definition) is 1. The molecule has 0 amide bonds. The molecule has 1 atom stereocenters. The second-order valence-electron chi connectivity index (χ2n) is 4.42. The van der Waals surface area contributed by atoms with Crippen LogP contribution in [0, 0.1) is 10.5 Å². The lowest BCUT2D eigenvalue weighted by Crippen LogP contribution is -2.17. The van der Waals surface area contributed by atoms with Gasteiger partial charge in [0.05, 0.1) is 0 Å². The Morgan fingerprint density at radius 1 is 1.44 bits per heavy atom. The Hall–Kier alpha value is -0.880. The number of halogens is 1. The summed E-state index contributed by atoms with van der Waals surface area (Å²) < 4.78 is 3.40. The molecular formula is C14H18IN3. The Labute approximate surface area is 122 Å². The second-order valence-corrected chi connectivity index (χ2v) is 5.50. The number of imidazole rings is 1. The summed E-state index contributed by atoms with van der Waals surface area (Å²) in [4.78, 5) is 4.39. The molecule has 0 saturated carbocycles. The third-order valence-corrected chi connectivity index (χ3v) is 4.64. The van der Waals surface area contributed by atoms with Crippen LogP contribution >= 0.6 is 22.6 Å². The maximum Gasteiger partial charge on any atom is 0.110 e. The predicted octanol–water partition coefficient (Wildman–Crippen LogP) is 3.06. The van der Waals surface area contributed by atoms with Gasteiger partial charge in [-0.3, -0.25) is 0 Å². The van der Waals surface area contributed by atoms with Crippen molar-refractivity contribution in [3.63, 3.8) is 0 Å². The number of aryl methyl sites for hydroxylation is 2. The molecule has 3 nitrogen and oxygen atoms in total. The van der Waals surface area contributed by atoms with Crippen LogP contribution in [0.3, 0.4) is 0 Å². The Kier molecular flexibility index (Phi) is 4.40. The standard InChI is InChI=1S/C14H18IN3/c1-3-18-8-7-17-13(18)9-12(16)11-6-4-5-10(2)14(11)15/h4-8,12H,3,9,16H2,1-2H3. The van der Waals surface area contributed by atoms with E-state index in [1.54, 1.807) is 0 Å². The molecule has 0 aliphatic carbocycles. The van der Waals surface area contributed by atoms with Crippen molar-refractivity contribution in [2.24, 2.45) is 5.73 Å². The maximum atomic E-state index is 6.32. The van der Waals surface area contributed by atoms with Crippen LogP contribution < -0.4 is 5.73 Å². The van der Waals surface area contributed by atoms with Crippen LogP contribution in [0.25, 0.3) is 0 Å². The van der Waals surface area contributed by atoms with Crippen LogP contribution in [-0.4, -0.2) is 9.55 Å². The molecule has 1 aromatic carbocycles. The van der Waals surface area contributed by atoms with Crippen molar-refractivity contribution in [2.75, 3.05) is 0 Å². The monoisotopic (exact) mass is 355 g/mol. The van der Waals surface area contributed by atoms with E-state index in [-0.39, 0.29) is 6.04 Å². The van der Waals surface area contributed by atoms with Gasteiger partial charge in [-0.25, -0.2) is 4.98 Å². The first kappa shape index (κ1) is 13.5. The average Bonchev–Trinajstić information content (AvgIpc) is 2.79. The van der Waals surface area contributed by atoms with E-state index in [0.29, 0.717) is 0 Å². The van der Waals surface area contributed by atoms with Gasteiger partial charge >= 0.3 is 0 Å². The van der Waals surface area contributed by atoms with E-state index in [1.807, 2.05) is 12.4 Å². The smallest absolute Gasteiger partial charge is 0.110 e. The zero-order valence-electron chi connectivity index (χ0n) is 10.7. The first-order valence-corrected chi connectivity index (χ1v) is 7.22. The van der Waals surface area contributed by atoms with Crippen molar-refractivity contribution in [1.29, 1.82) is 0 Å². The molecule has 0 bridgehead atoms. The van der Waals surface area contributed by atoms with Gasteiger partial charge < -0.3 is 10.3 Å². The molecule has 4 heteroatoms. The molecular weight excluding hydrogens is 337 g/mol. The van der Waals surface area contributed by atoms with Crippen LogP contribution in [0.15, 0.2) is 30.6 Å². The fourth-order valence-electron chi connectivity index (χ4n) is 2.08. The molecule has 0 aliphatic heterocycles. The molecule has 2 N–H and O–H groups in total. The molecule has 2 aromatic rings. The molecule has 0 spiro atoms. The molecule has 96 valence electrons. The summed E-state index contributed by atoms with van der Waals surface area (Å²) in [6.07, 6.45) is 4.62. The maximum absolute atomic E-state index is 6.32. The first-order chi connectivity index (χ1) is 8.63. The minimum Gasteiger partial charge on any atom is -0.335 e. The van der Waals surface area contributed by atoms with E-state index < -0.39 is 0 Å². The number of hydrogen-bond acceptors (Lipinski definition) is 2. The zero-order valence-corrected chi connectivity index (χ0v) is 12.9. The molecule has 0 fully saturated rings. The minimum absolute atomic E-state index is 0.00417. The van der Waals surface area contributed by atoms with E-state index in [1.165, 1.54) is 14.7 Å². The summed E-state index contributed by atoms with van der Waals surface area (Å²) in [6.45, 7) is 5.17. The number of benzene rings is 1. The van der Waals surface area contributed by atoms with Crippen molar-refractivity contribution in [3.8, 4) is 0 Å². The van der Waals surface area contributed by atoms with Gasteiger partial charge in [0.2, 0.25) is 0 Å². The van der Waals surface area contributed by atoms with Crippen LogP contribution in [0.4, 0.5) is 0 Å². The first-order valence-electron chi connectivity index (χ1n) is 6.14. The quantitative estimate of drug-likeness (QED) is 0.857. The van der Waals surface area contributed by atoms with Gasteiger partial charge in [-0.05, 0) is 47.6 Å². The molecule has 1 heterocycles. The van der Waals surface area contributed by atoms with Crippen LogP contribution in [0.5, 0.6) is 0 Å². The van der Waals surface area contributed by atoms with Gasteiger partial charge in [0.1, 0.15) is 5.82 Å². The minimum atomic E-state index is 0.00417. The van der Waals surface area contributed by atoms with Gasteiger partial charge in [-0.2, -0.15) is 0 Å². The highest BCUT2D eigenvalue weighted by atomic mass is 127. The molecule has 0 radical (unpaired) electrons. The molecule has 0 aliphatic rings. The Morgan fingerprint density at radius 3 is 2.94 bits per heavy atom. The van der Waals surface area contributed by atoms with E-state index in [4.69, 9.17) is 5.73 Å². The molecule has 2 rings (SSSR count). The number of nitrogens with two attached hydrogens (primary N) is 1. The van der Waals surface area contributed by atoms with Gasteiger partial charge in [0.15, 0.2) is 0 Å². The summed E-state index contributed by atoms with van der Waals surface area (Å²) >= 11 is 2.37. The van der Waals surface area contributed by atoms with Gasteiger partial charge in [-0.15, -0.1) is 0 Å².